The van der Waals surface area contributed by atoms with Crippen LogP contribution in [0.25, 0.3) is 0 Å². The third kappa shape index (κ3) is 3.98. The fourth-order valence-electron chi connectivity index (χ4n) is 2.96. The maximum Gasteiger partial charge on any atom is 0.219 e. The van der Waals surface area contributed by atoms with Gasteiger partial charge in [0.05, 0.1) is 10.6 Å². The Kier molecular flexibility index (Phi) is 6.22. The number of anilines is 1. The van der Waals surface area contributed by atoms with Gasteiger partial charge in [-0.2, -0.15) is 5.26 Å². The maximum atomic E-state index is 13.0. The van der Waals surface area contributed by atoms with E-state index in [2.05, 4.69) is 6.92 Å². The smallest absolute Gasteiger partial charge is 0.219 e. The molecule has 1 fully saturated rings. The number of unbranched alkanes of at least 4 members (excludes halogenated alkanes) is 1. The summed E-state index contributed by atoms with van der Waals surface area (Å²) < 4.78 is 26.0. The van der Waals surface area contributed by atoms with E-state index >= 15 is 0 Å². The number of hydrogen-bond acceptors (Lipinski definition) is 5. The molecule has 2 aromatic rings. The summed E-state index contributed by atoms with van der Waals surface area (Å²) >= 11 is 1.21. The molecule has 1 heterocycles. The topological polar surface area (TPSA) is 85.0 Å². The number of hydrogen-bond donors (Lipinski definition) is 1. The van der Waals surface area contributed by atoms with Gasteiger partial charge in [-0.05, 0) is 42.7 Å². The van der Waals surface area contributed by atoms with E-state index in [1.54, 1.807) is 23.1 Å². The Morgan fingerprint density at radius 1 is 1.18 bits per heavy atom. The minimum absolute atomic E-state index is 0.0768. The molecular weight excluding hydrogens is 390 g/mol. The number of nitriles is 1. The van der Waals surface area contributed by atoms with Gasteiger partial charge in [0.25, 0.3) is 0 Å². The van der Waals surface area contributed by atoms with Crippen LogP contribution in [0.3, 0.4) is 0 Å². The van der Waals surface area contributed by atoms with Crippen LogP contribution in [0.2, 0.25) is 0 Å². The van der Waals surface area contributed by atoms with Crippen molar-refractivity contribution in [3.8, 4) is 6.07 Å². The van der Waals surface area contributed by atoms with Gasteiger partial charge in [-0.1, -0.05) is 55.4 Å². The van der Waals surface area contributed by atoms with E-state index in [0.717, 1.165) is 19.3 Å². The van der Waals surface area contributed by atoms with Crippen molar-refractivity contribution in [3.05, 3.63) is 70.1 Å². The Bertz CT molecular complexity index is 1040. The van der Waals surface area contributed by atoms with Crippen molar-refractivity contribution >= 4 is 33.1 Å². The molecule has 0 aromatic heterocycles. The summed E-state index contributed by atoms with van der Waals surface area (Å²) in [6.45, 7) is 2.14. The molecule has 28 heavy (non-hydrogen) atoms. The van der Waals surface area contributed by atoms with E-state index in [9.17, 15) is 13.7 Å². The summed E-state index contributed by atoms with van der Waals surface area (Å²) in [5, 5.41) is 18.3. The SMILES string of the molecule is CCCCc1ccc(N2C(=N)CS/C2=C(/C#N)S(=O)(=O)c2ccccc2)cc1. The van der Waals surface area contributed by atoms with Crippen LogP contribution in [0.15, 0.2) is 69.4 Å². The average Bonchev–Trinajstić information content (AvgIpc) is 3.09. The van der Waals surface area contributed by atoms with Gasteiger partial charge in [-0.3, -0.25) is 10.3 Å². The lowest BCUT2D eigenvalue weighted by atomic mass is 10.1. The monoisotopic (exact) mass is 411 g/mol. The molecule has 0 bridgehead atoms. The molecule has 0 saturated carbocycles. The summed E-state index contributed by atoms with van der Waals surface area (Å²) in [4.78, 5) is 1.32. The van der Waals surface area contributed by atoms with Crippen LogP contribution in [-0.2, 0) is 16.3 Å². The Labute approximate surface area is 170 Å². The molecule has 7 heteroatoms. The zero-order valence-electron chi connectivity index (χ0n) is 15.6. The van der Waals surface area contributed by atoms with Crippen molar-refractivity contribution in [2.75, 3.05) is 10.7 Å². The second-order valence-corrected chi connectivity index (χ2v) is 9.25. The lowest BCUT2D eigenvalue weighted by Gasteiger charge is -2.20. The standard InChI is InChI=1S/C21H21N3O2S2/c1-2-3-7-16-10-12-17(13-11-16)24-20(23)15-27-21(24)19(14-22)28(25,26)18-8-5-4-6-9-18/h4-6,8-13,23H,2-3,7,15H2,1H3/b21-19-,23-20?. The second kappa shape index (κ2) is 8.63. The maximum absolute atomic E-state index is 13.0. The van der Waals surface area contributed by atoms with E-state index in [-0.39, 0.29) is 20.7 Å². The molecule has 144 valence electrons. The molecule has 0 amide bonds. The minimum atomic E-state index is -3.96. The number of benzene rings is 2. The van der Waals surface area contributed by atoms with Gasteiger partial charge in [-0.15, -0.1) is 0 Å². The molecular formula is C21H21N3O2S2. The molecule has 0 aliphatic carbocycles. The molecule has 1 N–H and O–H groups in total. The number of aryl methyl sites for hydroxylation is 1. The Hall–Kier alpha value is -2.56. The predicted molar refractivity (Wildman–Crippen MR) is 114 cm³/mol. The molecule has 1 aliphatic rings. The molecule has 0 atom stereocenters. The highest BCUT2D eigenvalue weighted by Gasteiger charge is 2.34. The van der Waals surface area contributed by atoms with Gasteiger partial charge in [0, 0.05) is 5.69 Å². The fraction of sp³-hybridized carbons (Fsp3) is 0.238. The quantitative estimate of drug-likeness (QED) is 0.695. The lowest BCUT2D eigenvalue weighted by Crippen LogP contribution is -2.25. The summed E-state index contributed by atoms with van der Waals surface area (Å²) in [6, 6.07) is 17.6. The number of nitrogens with one attached hydrogen (secondary N) is 1. The van der Waals surface area contributed by atoms with Crippen LogP contribution in [0.5, 0.6) is 0 Å². The van der Waals surface area contributed by atoms with E-state index in [1.165, 1.54) is 29.5 Å². The number of rotatable bonds is 6. The van der Waals surface area contributed by atoms with Crippen molar-refractivity contribution in [3.63, 3.8) is 0 Å². The fourth-order valence-corrected chi connectivity index (χ4v) is 5.58. The van der Waals surface area contributed by atoms with Gasteiger partial charge in [0.15, 0.2) is 4.91 Å². The van der Waals surface area contributed by atoms with E-state index in [1.807, 2.05) is 30.3 Å². The van der Waals surface area contributed by atoms with Crippen LogP contribution in [0.4, 0.5) is 5.69 Å². The number of thioether (sulfide) groups is 1. The number of amidine groups is 1. The van der Waals surface area contributed by atoms with Gasteiger partial charge in [-0.25, -0.2) is 8.42 Å². The molecule has 1 aliphatic heterocycles. The lowest BCUT2D eigenvalue weighted by molar-refractivity contribution is 0.603. The van der Waals surface area contributed by atoms with E-state index < -0.39 is 9.84 Å². The first-order chi connectivity index (χ1) is 13.5. The Morgan fingerprint density at radius 2 is 1.86 bits per heavy atom. The van der Waals surface area contributed by atoms with Crippen LogP contribution >= 0.6 is 11.8 Å². The van der Waals surface area contributed by atoms with Crippen molar-refractivity contribution in [2.45, 2.75) is 31.1 Å². The largest absolute Gasteiger partial charge is 0.291 e. The summed E-state index contributed by atoms with van der Waals surface area (Å²) in [6.07, 6.45) is 3.20. The highest BCUT2D eigenvalue weighted by Crippen LogP contribution is 2.38. The van der Waals surface area contributed by atoms with Crippen molar-refractivity contribution in [1.82, 2.24) is 0 Å². The first-order valence-electron chi connectivity index (χ1n) is 9.03. The Balaban J connectivity index is 2.04. The normalized spacial score (nSPS) is 16.1. The average molecular weight is 412 g/mol. The molecule has 3 rings (SSSR count). The van der Waals surface area contributed by atoms with Gasteiger partial charge in [0.2, 0.25) is 9.84 Å². The molecule has 0 radical (unpaired) electrons. The Morgan fingerprint density at radius 3 is 2.46 bits per heavy atom. The third-order valence-corrected chi connectivity index (χ3v) is 7.37. The van der Waals surface area contributed by atoms with Gasteiger partial charge < -0.3 is 0 Å². The van der Waals surface area contributed by atoms with Crippen LogP contribution in [0.1, 0.15) is 25.3 Å². The molecule has 1 saturated heterocycles. The third-order valence-electron chi connectivity index (χ3n) is 4.45. The zero-order chi connectivity index (χ0) is 20.1. The zero-order valence-corrected chi connectivity index (χ0v) is 17.2. The number of allylic oxidation sites excluding steroid dienone is 1. The van der Waals surface area contributed by atoms with E-state index in [4.69, 9.17) is 5.41 Å². The van der Waals surface area contributed by atoms with E-state index in [0.29, 0.717) is 11.4 Å². The minimum Gasteiger partial charge on any atom is -0.291 e. The highest BCUT2D eigenvalue weighted by molar-refractivity contribution is 8.05. The van der Waals surface area contributed by atoms with Crippen LogP contribution in [-0.4, -0.2) is 20.0 Å². The van der Waals surface area contributed by atoms with Crippen molar-refractivity contribution in [1.29, 1.82) is 10.7 Å². The van der Waals surface area contributed by atoms with Crippen molar-refractivity contribution in [2.24, 2.45) is 0 Å². The molecule has 0 spiro atoms. The molecule has 0 unspecified atom stereocenters. The summed E-state index contributed by atoms with van der Waals surface area (Å²) in [5.74, 6) is 0.583. The van der Waals surface area contributed by atoms with Gasteiger partial charge in [0.1, 0.15) is 16.9 Å². The van der Waals surface area contributed by atoms with Crippen LogP contribution < -0.4 is 4.90 Å². The molecule has 2 aromatic carbocycles. The first-order valence-corrected chi connectivity index (χ1v) is 11.5. The second-order valence-electron chi connectivity index (χ2n) is 6.40. The number of sulfone groups is 1. The highest BCUT2D eigenvalue weighted by atomic mass is 32.2. The molecule has 5 nitrogen and oxygen atoms in total. The predicted octanol–water partition coefficient (Wildman–Crippen LogP) is 4.73. The van der Waals surface area contributed by atoms with Gasteiger partial charge >= 0.3 is 0 Å². The number of nitrogens with zero attached hydrogens (tertiary/aromatic N) is 2. The summed E-state index contributed by atoms with van der Waals surface area (Å²) in [5.41, 5.74) is 1.90. The summed E-state index contributed by atoms with van der Waals surface area (Å²) in [7, 11) is -3.96. The first kappa shape index (κ1) is 20.2. The van der Waals surface area contributed by atoms with Crippen molar-refractivity contribution < 1.29 is 8.42 Å². The van der Waals surface area contributed by atoms with Crippen LogP contribution in [0, 0.1) is 16.7 Å².